The van der Waals surface area contributed by atoms with E-state index >= 15 is 0 Å². The Balaban J connectivity index is 1.95. The summed E-state index contributed by atoms with van der Waals surface area (Å²) in [5, 5.41) is 16.2. The molecule has 0 unspecified atom stereocenters. The third-order valence-electron chi connectivity index (χ3n) is 4.53. The number of imide groups is 2. The van der Waals surface area contributed by atoms with Gasteiger partial charge in [0.2, 0.25) is 5.91 Å². The average molecular weight is 392 g/mol. The fraction of sp³-hybridized carbons (Fsp3) is 0.143. The summed E-state index contributed by atoms with van der Waals surface area (Å²) in [5.74, 6) is -4.12. The van der Waals surface area contributed by atoms with Crippen molar-refractivity contribution in [2.45, 2.75) is 13.8 Å². The van der Waals surface area contributed by atoms with Crippen LogP contribution in [-0.4, -0.2) is 23.8 Å². The van der Waals surface area contributed by atoms with E-state index in [1.165, 1.54) is 24.3 Å². The number of nitrogens with one attached hydrogen (secondary N) is 2. The maximum atomic E-state index is 13.1. The molecule has 4 amide bonds. The topological polar surface area (TPSA) is 119 Å². The molecule has 1 atom stereocenters. The van der Waals surface area contributed by atoms with E-state index in [-0.39, 0.29) is 11.3 Å². The van der Waals surface area contributed by atoms with Gasteiger partial charge in [-0.1, -0.05) is 36.4 Å². The number of allylic oxidation sites excluding steroid dienone is 1. The van der Waals surface area contributed by atoms with Gasteiger partial charge in [-0.05, 0) is 43.2 Å². The highest BCUT2D eigenvalue weighted by Crippen LogP contribution is 2.28. The van der Waals surface area contributed by atoms with Gasteiger partial charge in [-0.25, -0.2) is 9.69 Å². The number of barbiturate groups is 1. The quantitative estimate of drug-likeness (QED) is 0.746. The normalized spacial score (nSPS) is 17.2. The number of nitrogens with zero attached hydrogens (tertiary/aromatic N) is 1. The molecule has 0 spiro atoms. The van der Waals surface area contributed by atoms with Crippen LogP contribution in [0.3, 0.4) is 0 Å². The van der Waals surface area contributed by atoms with Gasteiger partial charge >= 0.3 is 6.03 Å². The molecule has 0 aromatic heterocycles. The first-order valence-electron chi connectivity index (χ1n) is 8.82. The number of benzene rings is 2. The monoisotopic (exact) mass is 392 g/mol. The van der Waals surface area contributed by atoms with Crippen LogP contribution in [0.5, 0.6) is 0 Å². The molecule has 0 aliphatic carbocycles. The second-order valence-electron chi connectivity index (χ2n) is 6.42. The highest BCUT2D eigenvalue weighted by molar-refractivity contribution is 6.29. The number of hydrogen-bond donors (Lipinski definition) is 2. The predicted octanol–water partition coefficient (Wildman–Crippen LogP) is 1.57. The van der Waals surface area contributed by atoms with Gasteiger partial charge in [-0.2, -0.15) is 0 Å². The highest BCUT2D eigenvalue weighted by atomic mass is 16.4. The standard InChI is InChI=1S/C21H19N3O5/c1-3-15(22-14-9-6-8-13(11-14)20(27)28)17-18(25)23-21(29)24(19(17)26)16-10-5-4-7-12(16)2/h3-11,17,22H,1-2H3,(H,27,28)(H,23,25,29)/p-1/b15-3+/t17-/m0/s1. The van der Waals surface area contributed by atoms with Crippen LogP contribution in [-0.2, 0) is 9.59 Å². The summed E-state index contributed by atoms with van der Waals surface area (Å²) in [6.07, 6.45) is 1.53. The lowest BCUT2D eigenvalue weighted by Crippen LogP contribution is -2.59. The lowest BCUT2D eigenvalue weighted by atomic mass is 9.98. The zero-order chi connectivity index (χ0) is 21.1. The molecule has 3 rings (SSSR count). The van der Waals surface area contributed by atoms with Crippen molar-refractivity contribution < 1.29 is 24.3 Å². The Labute approximate surface area is 166 Å². The Morgan fingerprint density at radius 2 is 1.86 bits per heavy atom. The molecule has 148 valence electrons. The molecule has 1 aliphatic rings. The first-order valence-corrected chi connectivity index (χ1v) is 8.82. The van der Waals surface area contributed by atoms with Gasteiger partial charge in [0, 0.05) is 11.4 Å². The molecule has 1 fully saturated rings. The van der Waals surface area contributed by atoms with Crippen LogP contribution in [0.15, 0.2) is 60.3 Å². The largest absolute Gasteiger partial charge is 0.545 e. The van der Waals surface area contributed by atoms with Crippen LogP contribution < -0.4 is 20.6 Å². The molecule has 8 nitrogen and oxygen atoms in total. The van der Waals surface area contributed by atoms with Crippen molar-refractivity contribution >= 4 is 35.2 Å². The third-order valence-corrected chi connectivity index (χ3v) is 4.53. The minimum absolute atomic E-state index is 0.0541. The summed E-state index contributed by atoms with van der Waals surface area (Å²) >= 11 is 0. The van der Waals surface area contributed by atoms with Gasteiger partial charge in [0.1, 0.15) is 0 Å². The number of amides is 4. The van der Waals surface area contributed by atoms with E-state index in [1.54, 1.807) is 44.2 Å². The van der Waals surface area contributed by atoms with Crippen molar-refractivity contribution in [1.29, 1.82) is 0 Å². The predicted molar refractivity (Wildman–Crippen MR) is 104 cm³/mol. The van der Waals surface area contributed by atoms with E-state index in [4.69, 9.17) is 0 Å². The van der Waals surface area contributed by atoms with Crippen molar-refractivity contribution in [2.75, 3.05) is 10.2 Å². The molecule has 0 saturated carbocycles. The highest BCUT2D eigenvalue weighted by Gasteiger charge is 2.43. The van der Waals surface area contributed by atoms with Crippen molar-refractivity contribution in [1.82, 2.24) is 5.32 Å². The van der Waals surface area contributed by atoms with E-state index in [1.807, 2.05) is 0 Å². The number of urea groups is 1. The van der Waals surface area contributed by atoms with E-state index in [0.29, 0.717) is 16.9 Å². The van der Waals surface area contributed by atoms with Crippen LogP contribution in [0.1, 0.15) is 22.8 Å². The van der Waals surface area contributed by atoms with E-state index in [2.05, 4.69) is 10.6 Å². The van der Waals surface area contributed by atoms with Crippen LogP contribution in [0.25, 0.3) is 0 Å². The van der Waals surface area contributed by atoms with Crippen molar-refractivity contribution in [2.24, 2.45) is 5.92 Å². The van der Waals surface area contributed by atoms with Crippen LogP contribution in [0.4, 0.5) is 16.2 Å². The molecule has 2 aromatic carbocycles. The zero-order valence-corrected chi connectivity index (χ0v) is 15.8. The molecule has 1 saturated heterocycles. The molecule has 1 aliphatic heterocycles. The molecule has 29 heavy (non-hydrogen) atoms. The number of carbonyl (C=O) groups excluding carboxylic acids is 4. The van der Waals surface area contributed by atoms with Gasteiger partial charge in [-0.3, -0.25) is 14.9 Å². The smallest absolute Gasteiger partial charge is 0.335 e. The number of carboxylic acids is 1. The van der Waals surface area contributed by atoms with Crippen LogP contribution in [0.2, 0.25) is 0 Å². The third kappa shape index (κ3) is 3.86. The SMILES string of the molecule is C/C=C(/Nc1cccc(C(=O)[O-])c1)[C@H]1C(=O)NC(=O)N(c2ccccc2C)C1=O. The summed E-state index contributed by atoms with van der Waals surface area (Å²) < 4.78 is 0. The lowest BCUT2D eigenvalue weighted by Gasteiger charge is -2.32. The number of hydrogen-bond acceptors (Lipinski definition) is 6. The first-order chi connectivity index (χ1) is 13.8. The van der Waals surface area contributed by atoms with Gasteiger partial charge in [0.05, 0.1) is 11.7 Å². The fourth-order valence-electron chi connectivity index (χ4n) is 3.09. The van der Waals surface area contributed by atoms with Gasteiger partial charge in [-0.15, -0.1) is 0 Å². The maximum absolute atomic E-state index is 13.1. The number of para-hydroxylation sites is 1. The summed E-state index contributed by atoms with van der Waals surface area (Å²) in [7, 11) is 0. The summed E-state index contributed by atoms with van der Waals surface area (Å²) in [4.78, 5) is 50.0. The Kier molecular flexibility index (Phi) is 5.45. The molecule has 2 aromatic rings. The van der Waals surface area contributed by atoms with E-state index in [9.17, 15) is 24.3 Å². The Hall–Kier alpha value is -3.94. The number of carboxylic acid groups (broad SMARTS) is 1. The summed E-state index contributed by atoms with van der Waals surface area (Å²) in [5.41, 5.74) is 1.60. The zero-order valence-electron chi connectivity index (χ0n) is 15.8. The minimum atomic E-state index is -1.35. The average Bonchev–Trinajstić information content (AvgIpc) is 2.68. The van der Waals surface area contributed by atoms with Crippen molar-refractivity contribution in [3.05, 3.63) is 71.4 Å². The summed E-state index contributed by atoms with van der Waals surface area (Å²) in [6.45, 7) is 3.38. The Morgan fingerprint density at radius 3 is 2.52 bits per heavy atom. The van der Waals surface area contributed by atoms with Crippen molar-refractivity contribution in [3.63, 3.8) is 0 Å². The number of anilines is 2. The Morgan fingerprint density at radius 1 is 1.14 bits per heavy atom. The van der Waals surface area contributed by atoms with Gasteiger partial charge in [0.25, 0.3) is 5.91 Å². The maximum Gasteiger partial charge on any atom is 0.335 e. The fourth-order valence-corrected chi connectivity index (χ4v) is 3.09. The van der Waals surface area contributed by atoms with Crippen LogP contribution >= 0.6 is 0 Å². The van der Waals surface area contributed by atoms with Crippen molar-refractivity contribution in [3.8, 4) is 0 Å². The number of aryl methyl sites for hydroxylation is 1. The molecule has 0 bridgehead atoms. The van der Waals surface area contributed by atoms with Crippen LogP contribution in [0, 0.1) is 12.8 Å². The summed E-state index contributed by atoms with van der Waals surface area (Å²) in [6, 6.07) is 11.8. The number of rotatable bonds is 5. The second kappa shape index (κ2) is 7.97. The molecule has 0 radical (unpaired) electrons. The second-order valence-corrected chi connectivity index (χ2v) is 6.42. The van der Waals surface area contributed by atoms with E-state index < -0.39 is 29.7 Å². The molecular weight excluding hydrogens is 374 g/mol. The van der Waals surface area contributed by atoms with E-state index in [0.717, 1.165) is 4.90 Å². The molecule has 1 heterocycles. The first kappa shape index (κ1) is 19.8. The lowest BCUT2D eigenvalue weighted by molar-refractivity contribution is -0.255. The molecule has 2 N–H and O–H groups in total. The van der Waals surface area contributed by atoms with Gasteiger partial charge < -0.3 is 15.2 Å². The molecule has 8 heteroatoms. The number of carbonyl (C=O) groups is 4. The Bertz CT molecular complexity index is 1040. The van der Waals surface area contributed by atoms with Gasteiger partial charge in [0.15, 0.2) is 5.92 Å². The molecular formula is C21H18N3O5-. The minimum Gasteiger partial charge on any atom is -0.545 e. The number of aromatic carboxylic acids is 1.